The van der Waals surface area contributed by atoms with Crippen molar-refractivity contribution < 1.29 is 43.6 Å². The van der Waals surface area contributed by atoms with Gasteiger partial charge in [0.2, 0.25) is 0 Å². The molecule has 40 heavy (non-hydrogen) atoms. The van der Waals surface area contributed by atoms with Crippen LogP contribution in [0.4, 0.5) is 0 Å². The Labute approximate surface area is 234 Å². The Morgan fingerprint density at radius 3 is 2.10 bits per heavy atom. The van der Waals surface area contributed by atoms with E-state index in [1.54, 1.807) is 44.2 Å². The summed E-state index contributed by atoms with van der Waals surface area (Å²) in [6, 6.07) is 8.28. The number of ketones is 1. The first-order chi connectivity index (χ1) is 18.5. The molecule has 0 aromatic heterocycles. The average molecular weight is 557 g/mol. The lowest BCUT2D eigenvalue weighted by Gasteiger charge is -2.68. The molecule has 0 bridgehead atoms. The Bertz CT molecular complexity index is 1210. The first kappa shape index (κ1) is 29.9. The number of esters is 3. The molecule has 4 rings (SSSR count). The van der Waals surface area contributed by atoms with Crippen LogP contribution in [-0.2, 0) is 28.6 Å². The highest BCUT2D eigenvalue weighted by Crippen LogP contribution is 2.67. The van der Waals surface area contributed by atoms with Crippen LogP contribution in [0.25, 0.3) is 0 Å². The highest BCUT2D eigenvalue weighted by Gasteiger charge is 2.75. The van der Waals surface area contributed by atoms with Crippen molar-refractivity contribution in [3.05, 3.63) is 48.6 Å². The molecule has 0 amide bonds. The number of hydrogen-bond donors (Lipinski definition) is 2. The van der Waals surface area contributed by atoms with Crippen molar-refractivity contribution >= 4 is 23.7 Å². The molecule has 0 spiro atoms. The van der Waals surface area contributed by atoms with E-state index in [-0.39, 0.29) is 12.0 Å². The molecular formula is C31H40O9. The summed E-state index contributed by atoms with van der Waals surface area (Å²) in [4.78, 5) is 51.9. The number of ether oxygens (including phenoxy) is 3. The standard InChI is InChI=1S/C31H40O9/c1-8-29(6)15-14-20-30(7)21(16-22(38-17(2)32)31(20,37)27(29)36)28(4,5)24(39-18(3)33)23(34)25(30)40-26(35)19-12-10-9-11-13-19/h8-13,20-25,34,37H,1,14-16H2,2-7H3. The van der Waals surface area contributed by atoms with Crippen LogP contribution in [0, 0.1) is 28.1 Å². The van der Waals surface area contributed by atoms with Crippen LogP contribution >= 0.6 is 0 Å². The van der Waals surface area contributed by atoms with E-state index < -0.39 is 81.8 Å². The second kappa shape index (κ2) is 10.1. The number of Topliss-reactive ketones (excluding diaryl/α,β-unsaturated/α-hetero) is 1. The molecule has 1 aromatic carbocycles. The van der Waals surface area contributed by atoms with Crippen LogP contribution in [-0.4, -0.2) is 63.9 Å². The van der Waals surface area contributed by atoms with Crippen LogP contribution in [0.15, 0.2) is 43.0 Å². The molecule has 9 heteroatoms. The molecule has 0 radical (unpaired) electrons. The van der Waals surface area contributed by atoms with E-state index in [1.807, 2.05) is 13.8 Å². The topological polar surface area (TPSA) is 136 Å². The lowest BCUT2D eigenvalue weighted by Crippen LogP contribution is -2.78. The zero-order valence-electron chi connectivity index (χ0n) is 24.0. The van der Waals surface area contributed by atoms with Crippen LogP contribution in [0.2, 0.25) is 0 Å². The van der Waals surface area contributed by atoms with Crippen LogP contribution in [0.3, 0.4) is 0 Å². The minimum absolute atomic E-state index is 0.0128. The fourth-order valence-corrected chi connectivity index (χ4v) is 7.99. The molecule has 0 saturated heterocycles. The fourth-order valence-electron chi connectivity index (χ4n) is 7.99. The van der Waals surface area contributed by atoms with Gasteiger partial charge in [-0.15, -0.1) is 6.58 Å². The normalized spacial score (nSPS) is 40.1. The van der Waals surface area contributed by atoms with E-state index in [0.717, 1.165) is 0 Å². The number of carbonyl (C=O) groups excluding carboxylic acids is 4. The first-order valence-electron chi connectivity index (χ1n) is 13.7. The fraction of sp³-hybridized carbons (Fsp3) is 0.613. The van der Waals surface area contributed by atoms with E-state index in [0.29, 0.717) is 12.8 Å². The van der Waals surface area contributed by atoms with Crippen molar-refractivity contribution in [3.63, 3.8) is 0 Å². The highest BCUT2D eigenvalue weighted by atomic mass is 16.6. The van der Waals surface area contributed by atoms with Crippen molar-refractivity contribution in [2.24, 2.45) is 28.1 Å². The van der Waals surface area contributed by atoms with Gasteiger partial charge in [0.1, 0.15) is 24.4 Å². The van der Waals surface area contributed by atoms with Crippen LogP contribution in [0.5, 0.6) is 0 Å². The maximum atomic E-state index is 14.1. The molecule has 1 aromatic rings. The number of rotatable bonds is 5. The molecule has 3 aliphatic carbocycles. The Morgan fingerprint density at radius 1 is 0.950 bits per heavy atom. The van der Waals surface area contributed by atoms with E-state index in [9.17, 15) is 29.4 Å². The SMILES string of the molecule is C=CC1(C)CCC2C(O)(C1=O)C(OC(C)=O)CC1C(C)(C)C(OC(C)=O)C(O)C(OC(=O)c3ccccc3)C12C. The van der Waals surface area contributed by atoms with Gasteiger partial charge in [0.05, 0.1) is 5.56 Å². The number of fused-ring (bicyclic) bond motifs is 3. The zero-order valence-corrected chi connectivity index (χ0v) is 24.0. The van der Waals surface area contributed by atoms with Crippen molar-refractivity contribution in [1.82, 2.24) is 0 Å². The lowest BCUT2D eigenvalue weighted by atomic mass is 9.39. The molecule has 218 valence electrons. The monoisotopic (exact) mass is 556 g/mol. The van der Waals surface area contributed by atoms with Crippen LogP contribution in [0.1, 0.15) is 71.2 Å². The van der Waals surface area contributed by atoms with Gasteiger partial charge in [-0.05, 0) is 44.2 Å². The zero-order chi connectivity index (χ0) is 29.8. The van der Waals surface area contributed by atoms with Gasteiger partial charge in [0.25, 0.3) is 0 Å². The second-order valence-electron chi connectivity index (χ2n) is 12.7. The molecule has 9 unspecified atom stereocenters. The number of benzene rings is 1. The Kier molecular flexibility index (Phi) is 7.56. The summed E-state index contributed by atoms with van der Waals surface area (Å²) in [5.74, 6) is -3.89. The largest absolute Gasteiger partial charge is 0.459 e. The summed E-state index contributed by atoms with van der Waals surface area (Å²) < 4.78 is 17.4. The number of hydrogen-bond acceptors (Lipinski definition) is 9. The third-order valence-corrected chi connectivity index (χ3v) is 9.97. The molecule has 0 heterocycles. The maximum Gasteiger partial charge on any atom is 0.338 e. The van der Waals surface area contributed by atoms with Gasteiger partial charge >= 0.3 is 17.9 Å². The van der Waals surface area contributed by atoms with Gasteiger partial charge in [0, 0.05) is 36.0 Å². The molecule has 9 atom stereocenters. The van der Waals surface area contributed by atoms with Gasteiger partial charge in [-0.2, -0.15) is 0 Å². The minimum atomic E-state index is -2.14. The average Bonchev–Trinajstić information content (AvgIpc) is 2.89. The van der Waals surface area contributed by atoms with E-state index in [2.05, 4.69) is 6.58 Å². The third kappa shape index (κ3) is 4.38. The van der Waals surface area contributed by atoms with Gasteiger partial charge in [-0.25, -0.2) is 4.79 Å². The smallest absolute Gasteiger partial charge is 0.338 e. The van der Waals surface area contributed by atoms with Crippen molar-refractivity contribution in [2.75, 3.05) is 0 Å². The molecule has 0 aliphatic heterocycles. The van der Waals surface area contributed by atoms with Crippen molar-refractivity contribution in [1.29, 1.82) is 0 Å². The Balaban J connectivity index is 1.92. The quantitative estimate of drug-likeness (QED) is 0.318. The lowest BCUT2D eigenvalue weighted by molar-refractivity contribution is -0.300. The van der Waals surface area contributed by atoms with E-state index >= 15 is 0 Å². The summed E-state index contributed by atoms with van der Waals surface area (Å²) in [5, 5.41) is 24.2. The third-order valence-electron chi connectivity index (χ3n) is 9.97. The molecule has 9 nitrogen and oxygen atoms in total. The molecule has 3 saturated carbocycles. The van der Waals surface area contributed by atoms with Crippen molar-refractivity contribution in [2.45, 2.75) is 90.8 Å². The highest BCUT2D eigenvalue weighted by molar-refractivity contribution is 5.96. The number of aliphatic hydroxyl groups excluding tert-OH is 1. The second-order valence-corrected chi connectivity index (χ2v) is 12.7. The summed E-state index contributed by atoms with van der Waals surface area (Å²) >= 11 is 0. The summed E-state index contributed by atoms with van der Waals surface area (Å²) in [7, 11) is 0. The van der Waals surface area contributed by atoms with Crippen molar-refractivity contribution in [3.8, 4) is 0 Å². The van der Waals surface area contributed by atoms with Gasteiger partial charge < -0.3 is 24.4 Å². The molecule has 3 fully saturated rings. The Hall–Kier alpha value is -3.04. The molecule has 3 aliphatic rings. The minimum Gasteiger partial charge on any atom is -0.459 e. The number of aliphatic hydroxyl groups is 2. The summed E-state index contributed by atoms with van der Waals surface area (Å²) in [6.07, 6.45) is -2.86. The first-order valence-corrected chi connectivity index (χ1v) is 13.7. The van der Waals surface area contributed by atoms with Gasteiger partial charge in [-0.3, -0.25) is 14.4 Å². The predicted octanol–water partition coefficient (Wildman–Crippen LogP) is 3.40. The molecule has 2 N–H and O–H groups in total. The van der Waals surface area contributed by atoms with E-state index in [4.69, 9.17) is 14.2 Å². The molecular weight excluding hydrogens is 516 g/mol. The summed E-state index contributed by atoms with van der Waals surface area (Å²) in [5.41, 5.74) is -5.08. The van der Waals surface area contributed by atoms with Gasteiger partial charge in [0.15, 0.2) is 11.4 Å². The van der Waals surface area contributed by atoms with Gasteiger partial charge in [-0.1, -0.05) is 45.0 Å². The Morgan fingerprint density at radius 2 is 1.55 bits per heavy atom. The maximum absolute atomic E-state index is 14.1. The number of allylic oxidation sites excluding steroid dienone is 1. The van der Waals surface area contributed by atoms with Crippen LogP contribution < -0.4 is 0 Å². The summed E-state index contributed by atoms with van der Waals surface area (Å²) in [6.45, 7) is 13.4. The predicted molar refractivity (Wildman–Crippen MR) is 144 cm³/mol. The number of carbonyl (C=O) groups is 4. The van der Waals surface area contributed by atoms with E-state index in [1.165, 1.54) is 19.9 Å².